The molecule has 0 saturated carbocycles. The van der Waals surface area contributed by atoms with Crippen molar-refractivity contribution < 1.29 is 28.5 Å². The van der Waals surface area contributed by atoms with E-state index in [0.29, 0.717) is 52.4 Å². The number of amides is 1. The minimum atomic E-state index is -0.0114. The third-order valence-corrected chi connectivity index (χ3v) is 6.90. The first-order valence-corrected chi connectivity index (χ1v) is 13.8. The molecule has 40 heavy (non-hydrogen) atoms. The maximum atomic E-state index is 13.4. The number of carbonyl (C=O) groups is 1. The lowest BCUT2D eigenvalue weighted by Crippen LogP contribution is -2.33. The molecule has 0 saturated heterocycles. The average molecular weight is 549 g/mol. The molecule has 1 aliphatic rings. The molecule has 3 aromatic rings. The van der Waals surface area contributed by atoms with Gasteiger partial charge in [0.2, 0.25) is 12.7 Å². The number of fused-ring (bicyclic) bond motifs is 1. The van der Waals surface area contributed by atoms with E-state index in [-0.39, 0.29) is 18.6 Å². The molecule has 8 nitrogen and oxygen atoms in total. The fourth-order valence-electron chi connectivity index (χ4n) is 4.78. The lowest BCUT2D eigenvalue weighted by atomic mass is 9.87. The van der Waals surface area contributed by atoms with Gasteiger partial charge in [0.05, 0.1) is 40.0 Å². The lowest BCUT2D eigenvalue weighted by molar-refractivity contribution is -0.133. The van der Waals surface area contributed by atoms with Gasteiger partial charge in [0.1, 0.15) is 5.75 Å². The molecule has 0 fully saturated rings. The Morgan fingerprint density at radius 3 is 2.48 bits per heavy atom. The molecule has 1 unspecified atom stereocenters. The number of para-hydroxylation sites is 1. The molecular weight excluding hydrogens is 508 g/mol. The first-order valence-electron chi connectivity index (χ1n) is 13.8. The Bertz CT molecular complexity index is 1190. The molecule has 1 N–H and O–H groups in total. The van der Waals surface area contributed by atoms with Crippen LogP contribution in [0, 0.1) is 0 Å². The molecule has 0 spiro atoms. The minimum absolute atomic E-state index is 0.0114. The van der Waals surface area contributed by atoms with Crippen molar-refractivity contribution in [3.8, 4) is 17.2 Å². The largest absolute Gasteiger partial charge is 0.496 e. The number of hydrogen-bond donors (Lipinski definition) is 1. The van der Waals surface area contributed by atoms with E-state index in [1.807, 2.05) is 60.5 Å². The zero-order valence-corrected chi connectivity index (χ0v) is 23.5. The summed E-state index contributed by atoms with van der Waals surface area (Å²) < 4.78 is 28.1. The highest BCUT2D eigenvalue weighted by molar-refractivity contribution is 5.76. The minimum Gasteiger partial charge on any atom is -0.496 e. The molecule has 1 heterocycles. The van der Waals surface area contributed by atoms with Crippen molar-refractivity contribution in [3.05, 3.63) is 89.5 Å². The SMILES string of the molecule is CNCCOCCOCCC(=O)N(CCC(c1ccc2c(c1)OCO2)c1ccccc1OC)Cc1ccccc1. The first kappa shape index (κ1) is 29.4. The smallest absolute Gasteiger partial charge is 0.231 e. The van der Waals surface area contributed by atoms with E-state index in [9.17, 15) is 4.79 Å². The van der Waals surface area contributed by atoms with Crippen LogP contribution in [0.4, 0.5) is 0 Å². The van der Waals surface area contributed by atoms with Crippen LogP contribution in [0.5, 0.6) is 17.2 Å². The van der Waals surface area contributed by atoms with Gasteiger partial charge >= 0.3 is 0 Å². The topological polar surface area (TPSA) is 78.5 Å². The molecule has 0 radical (unpaired) electrons. The molecule has 1 atom stereocenters. The number of nitrogens with one attached hydrogen (secondary N) is 1. The van der Waals surface area contributed by atoms with Gasteiger partial charge in [0.25, 0.3) is 0 Å². The predicted octanol–water partition coefficient (Wildman–Crippen LogP) is 4.62. The third-order valence-electron chi connectivity index (χ3n) is 6.90. The quantitative estimate of drug-likeness (QED) is 0.247. The molecular formula is C32H40N2O6. The summed E-state index contributed by atoms with van der Waals surface area (Å²) in [5.41, 5.74) is 3.24. The Hall–Kier alpha value is -3.59. The third kappa shape index (κ3) is 8.45. The molecule has 4 rings (SSSR count). The van der Waals surface area contributed by atoms with Crippen molar-refractivity contribution in [1.82, 2.24) is 10.2 Å². The monoisotopic (exact) mass is 548 g/mol. The fourth-order valence-corrected chi connectivity index (χ4v) is 4.78. The maximum absolute atomic E-state index is 13.4. The van der Waals surface area contributed by atoms with Gasteiger partial charge in [-0.3, -0.25) is 4.79 Å². The number of nitrogens with zero attached hydrogens (tertiary/aromatic N) is 1. The molecule has 0 aliphatic carbocycles. The van der Waals surface area contributed by atoms with Crippen molar-refractivity contribution in [3.63, 3.8) is 0 Å². The van der Waals surface area contributed by atoms with Gasteiger partial charge in [-0.2, -0.15) is 0 Å². The number of likely N-dealkylation sites (N-methyl/N-ethyl adjacent to an activating group) is 1. The number of methoxy groups -OCH3 is 1. The highest BCUT2D eigenvalue weighted by atomic mass is 16.7. The van der Waals surface area contributed by atoms with Crippen molar-refractivity contribution >= 4 is 5.91 Å². The van der Waals surface area contributed by atoms with Gasteiger partial charge in [0.15, 0.2) is 11.5 Å². The second kappa shape index (κ2) is 15.9. The standard InChI is InChI=1S/C32H40N2O6/c1-33-16-19-38-21-20-37-18-15-32(35)34(23-25-8-4-3-5-9-25)17-14-27(28-10-6-7-11-29(28)36-2)26-12-13-30-31(22-26)40-24-39-30/h3-13,22,27,33H,14-21,23-24H2,1-2H3. The lowest BCUT2D eigenvalue weighted by Gasteiger charge is -2.27. The fraction of sp³-hybridized carbons (Fsp3) is 0.406. The summed E-state index contributed by atoms with van der Waals surface area (Å²) in [5.74, 6) is 2.35. The van der Waals surface area contributed by atoms with Crippen molar-refractivity contribution in [2.45, 2.75) is 25.3 Å². The highest BCUT2D eigenvalue weighted by Crippen LogP contribution is 2.40. The number of carbonyl (C=O) groups excluding carboxylic acids is 1. The summed E-state index contributed by atoms with van der Waals surface area (Å²) >= 11 is 0. The summed E-state index contributed by atoms with van der Waals surface area (Å²) in [6.45, 7) is 4.11. The average Bonchev–Trinajstić information content (AvgIpc) is 3.47. The normalized spacial score (nSPS) is 12.8. The van der Waals surface area contributed by atoms with Gasteiger partial charge < -0.3 is 33.9 Å². The van der Waals surface area contributed by atoms with E-state index < -0.39 is 0 Å². The van der Waals surface area contributed by atoms with Gasteiger partial charge in [0, 0.05) is 31.1 Å². The number of ether oxygens (including phenoxy) is 5. The van der Waals surface area contributed by atoms with E-state index in [1.165, 1.54) is 0 Å². The van der Waals surface area contributed by atoms with E-state index in [1.54, 1.807) is 7.11 Å². The highest BCUT2D eigenvalue weighted by Gasteiger charge is 2.24. The Morgan fingerprint density at radius 1 is 0.925 bits per heavy atom. The Morgan fingerprint density at radius 2 is 1.68 bits per heavy atom. The molecule has 8 heteroatoms. The predicted molar refractivity (Wildman–Crippen MR) is 154 cm³/mol. The first-order chi connectivity index (χ1) is 19.7. The van der Waals surface area contributed by atoms with Crippen LogP contribution in [0.15, 0.2) is 72.8 Å². The molecule has 214 valence electrons. The molecule has 1 aliphatic heterocycles. The zero-order valence-electron chi connectivity index (χ0n) is 23.5. The molecule has 0 bridgehead atoms. The van der Waals surface area contributed by atoms with E-state index in [2.05, 4.69) is 29.6 Å². The summed E-state index contributed by atoms with van der Waals surface area (Å²) in [7, 11) is 3.58. The maximum Gasteiger partial charge on any atom is 0.231 e. The van der Waals surface area contributed by atoms with E-state index in [0.717, 1.165) is 40.5 Å². The summed E-state index contributed by atoms with van der Waals surface area (Å²) in [6.07, 6.45) is 1.02. The van der Waals surface area contributed by atoms with Crippen LogP contribution in [0.3, 0.4) is 0 Å². The van der Waals surface area contributed by atoms with Crippen LogP contribution < -0.4 is 19.5 Å². The van der Waals surface area contributed by atoms with Gasteiger partial charge in [-0.25, -0.2) is 0 Å². The Balaban J connectivity index is 1.46. The second-order valence-corrected chi connectivity index (χ2v) is 9.58. The Kier molecular flexibility index (Phi) is 11.7. The van der Waals surface area contributed by atoms with Gasteiger partial charge in [-0.05, 0) is 42.8 Å². The van der Waals surface area contributed by atoms with Crippen LogP contribution in [-0.2, 0) is 20.8 Å². The molecule has 3 aromatic carbocycles. The molecule has 1 amide bonds. The van der Waals surface area contributed by atoms with Crippen LogP contribution in [0.2, 0.25) is 0 Å². The zero-order chi connectivity index (χ0) is 28.0. The summed E-state index contributed by atoms with van der Waals surface area (Å²) in [4.78, 5) is 15.4. The number of benzene rings is 3. The van der Waals surface area contributed by atoms with Crippen molar-refractivity contribution in [1.29, 1.82) is 0 Å². The summed E-state index contributed by atoms with van der Waals surface area (Å²) in [6, 6.07) is 24.2. The van der Waals surface area contributed by atoms with Gasteiger partial charge in [-0.15, -0.1) is 0 Å². The van der Waals surface area contributed by atoms with E-state index in [4.69, 9.17) is 23.7 Å². The van der Waals surface area contributed by atoms with Gasteiger partial charge in [-0.1, -0.05) is 54.6 Å². The Labute approximate surface area is 237 Å². The van der Waals surface area contributed by atoms with Crippen molar-refractivity contribution in [2.24, 2.45) is 0 Å². The number of rotatable bonds is 17. The molecule has 0 aromatic heterocycles. The number of hydrogen-bond acceptors (Lipinski definition) is 7. The van der Waals surface area contributed by atoms with E-state index >= 15 is 0 Å². The van der Waals surface area contributed by atoms with Crippen LogP contribution >= 0.6 is 0 Å². The second-order valence-electron chi connectivity index (χ2n) is 9.58. The summed E-state index contributed by atoms with van der Waals surface area (Å²) in [5, 5.41) is 3.04. The van der Waals surface area contributed by atoms with Crippen molar-refractivity contribution in [2.75, 3.05) is 60.5 Å². The van der Waals surface area contributed by atoms with Crippen LogP contribution in [0.1, 0.15) is 35.4 Å². The van der Waals surface area contributed by atoms with Crippen LogP contribution in [0.25, 0.3) is 0 Å². The van der Waals surface area contributed by atoms with Crippen LogP contribution in [-0.4, -0.2) is 71.3 Å².